The highest BCUT2D eigenvalue weighted by molar-refractivity contribution is 6.74. The van der Waals surface area contributed by atoms with Crippen molar-refractivity contribution in [2.24, 2.45) is 0 Å². The van der Waals surface area contributed by atoms with Crippen LogP contribution in [0, 0.1) is 0 Å². The summed E-state index contributed by atoms with van der Waals surface area (Å²) in [6.07, 6.45) is 1.42. The van der Waals surface area contributed by atoms with Crippen LogP contribution in [0.15, 0.2) is 0 Å². The van der Waals surface area contributed by atoms with Gasteiger partial charge < -0.3 is 14.2 Å². The first-order valence-corrected chi connectivity index (χ1v) is 14.5. The second-order valence-corrected chi connectivity index (χ2v) is 19.4. The maximum absolute atomic E-state index is 6.64. The van der Waals surface area contributed by atoms with Crippen molar-refractivity contribution in [3.05, 3.63) is 0 Å². The van der Waals surface area contributed by atoms with Crippen LogP contribution in [0.5, 0.6) is 0 Å². The minimum absolute atomic E-state index is 0.264. The Hall–Kier alpha value is 0.314. The number of hydrogen-bond donors (Lipinski definition) is 1. The Morgan fingerprint density at radius 1 is 0.909 bits per heavy atom. The van der Waals surface area contributed by atoms with Gasteiger partial charge in [-0.15, -0.1) is 0 Å². The maximum atomic E-state index is 6.64. The summed E-state index contributed by atoms with van der Waals surface area (Å²) in [4.78, 5) is 0. The third-order valence-corrected chi connectivity index (χ3v) is 15.0. The third kappa shape index (κ3) is 4.90. The lowest BCUT2D eigenvalue weighted by Crippen LogP contribution is -2.50. The molecule has 22 heavy (non-hydrogen) atoms. The fraction of sp³-hybridized carbons (Fsp3) is 1.00. The first kappa shape index (κ1) is 20.4. The fourth-order valence-corrected chi connectivity index (χ4v) is 4.54. The highest BCUT2D eigenvalue weighted by Crippen LogP contribution is 2.39. The lowest BCUT2D eigenvalue weighted by Gasteiger charge is -2.41. The molecule has 0 unspecified atom stereocenters. The molecule has 1 rings (SSSR count). The predicted octanol–water partition coefficient (Wildman–Crippen LogP) is 4.76. The SMILES string of the molecule is CC(C)(C)[Si](C)(C)OC[C@H]1NCC[C@@H]1O[Si](C)(C)C(C)(C)C. The van der Waals surface area contributed by atoms with E-state index < -0.39 is 16.6 Å². The van der Waals surface area contributed by atoms with Crippen molar-refractivity contribution in [3.63, 3.8) is 0 Å². The summed E-state index contributed by atoms with van der Waals surface area (Å²) in [5.41, 5.74) is 0. The summed E-state index contributed by atoms with van der Waals surface area (Å²) < 4.78 is 13.1. The van der Waals surface area contributed by atoms with E-state index in [0.717, 1.165) is 19.6 Å². The Morgan fingerprint density at radius 2 is 1.41 bits per heavy atom. The van der Waals surface area contributed by atoms with Crippen LogP contribution in [0.2, 0.25) is 36.3 Å². The van der Waals surface area contributed by atoms with E-state index in [4.69, 9.17) is 8.85 Å². The molecule has 1 aliphatic rings. The number of rotatable bonds is 5. The van der Waals surface area contributed by atoms with Gasteiger partial charge in [0.05, 0.1) is 18.8 Å². The van der Waals surface area contributed by atoms with Crippen LogP contribution in [-0.2, 0) is 8.85 Å². The Balaban J connectivity index is 2.65. The van der Waals surface area contributed by atoms with Crippen LogP contribution < -0.4 is 5.32 Å². The van der Waals surface area contributed by atoms with Gasteiger partial charge in [0.15, 0.2) is 16.6 Å². The average molecular weight is 346 g/mol. The van der Waals surface area contributed by atoms with E-state index in [1.165, 1.54) is 0 Å². The van der Waals surface area contributed by atoms with E-state index in [-0.39, 0.29) is 10.1 Å². The molecule has 1 heterocycles. The Morgan fingerprint density at radius 3 is 1.86 bits per heavy atom. The Kier molecular flexibility index (Phi) is 6.17. The smallest absolute Gasteiger partial charge is 0.192 e. The number of hydrogen-bond acceptors (Lipinski definition) is 3. The van der Waals surface area contributed by atoms with Crippen molar-refractivity contribution < 1.29 is 8.85 Å². The van der Waals surface area contributed by atoms with Gasteiger partial charge >= 0.3 is 0 Å². The molecule has 1 saturated heterocycles. The molecule has 0 aromatic heterocycles. The molecule has 5 heteroatoms. The molecule has 1 fully saturated rings. The van der Waals surface area contributed by atoms with Crippen molar-refractivity contribution in [2.45, 2.75) is 96.4 Å². The molecular formula is C17H39NO2Si2. The van der Waals surface area contributed by atoms with Gasteiger partial charge in [-0.3, -0.25) is 0 Å². The van der Waals surface area contributed by atoms with E-state index in [9.17, 15) is 0 Å². The Bertz CT molecular complexity index is 370. The molecule has 0 spiro atoms. The molecule has 3 nitrogen and oxygen atoms in total. The molecule has 132 valence electrons. The van der Waals surface area contributed by atoms with Crippen LogP contribution in [-0.4, -0.2) is 41.9 Å². The highest BCUT2D eigenvalue weighted by atomic mass is 28.4. The van der Waals surface area contributed by atoms with Gasteiger partial charge in [0, 0.05) is 0 Å². The largest absolute Gasteiger partial charge is 0.415 e. The lowest BCUT2D eigenvalue weighted by molar-refractivity contribution is 0.130. The van der Waals surface area contributed by atoms with Crippen molar-refractivity contribution in [2.75, 3.05) is 13.2 Å². The second-order valence-electron chi connectivity index (χ2n) is 9.84. The second kappa shape index (κ2) is 6.67. The standard InChI is InChI=1S/C17H39NO2Si2/c1-16(2,3)21(7,8)19-13-14-15(11-12-18-14)20-22(9,10)17(4,5)6/h14-15,18H,11-13H2,1-10H3/t14-,15+/m1/s1. The minimum atomic E-state index is -1.71. The summed E-state index contributed by atoms with van der Waals surface area (Å²) >= 11 is 0. The zero-order valence-corrected chi connectivity index (χ0v) is 18.6. The topological polar surface area (TPSA) is 30.5 Å². The first-order chi connectivity index (χ1) is 9.67. The summed E-state index contributed by atoms with van der Waals surface area (Å²) in [6, 6.07) is 0.350. The average Bonchev–Trinajstić information content (AvgIpc) is 2.70. The van der Waals surface area contributed by atoms with Crippen molar-refractivity contribution in [3.8, 4) is 0 Å². The van der Waals surface area contributed by atoms with E-state index in [1.54, 1.807) is 0 Å². The van der Waals surface area contributed by atoms with E-state index in [2.05, 4.69) is 73.0 Å². The van der Waals surface area contributed by atoms with Crippen LogP contribution in [0.25, 0.3) is 0 Å². The summed E-state index contributed by atoms with van der Waals surface area (Å²) in [5, 5.41) is 4.13. The molecule has 0 amide bonds. The molecule has 0 aromatic carbocycles. The Labute approximate surface area is 140 Å². The van der Waals surface area contributed by atoms with Crippen molar-refractivity contribution in [1.82, 2.24) is 5.32 Å². The van der Waals surface area contributed by atoms with Gasteiger partial charge in [0.1, 0.15) is 0 Å². The van der Waals surface area contributed by atoms with Gasteiger partial charge in [0.25, 0.3) is 0 Å². The zero-order chi connectivity index (χ0) is 17.4. The lowest BCUT2D eigenvalue weighted by atomic mass is 10.2. The molecule has 0 saturated carbocycles. The van der Waals surface area contributed by atoms with Gasteiger partial charge in [0.2, 0.25) is 0 Å². The summed E-state index contributed by atoms with van der Waals surface area (Å²) in [7, 11) is -3.39. The molecule has 0 radical (unpaired) electrons. The normalized spacial score (nSPS) is 24.8. The van der Waals surface area contributed by atoms with Gasteiger partial charge in [-0.1, -0.05) is 41.5 Å². The molecule has 0 bridgehead atoms. The maximum Gasteiger partial charge on any atom is 0.192 e. The highest BCUT2D eigenvalue weighted by Gasteiger charge is 2.43. The van der Waals surface area contributed by atoms with Crippen LogP contribution >= 0.6 is 0 Å². The molecule has 0 aromatic rings. The first-order valence-electron chi connectivity index (χ1n) is 8.72. The summed E-state index contributed by atoms with van der Waals surface area (Å²) in [5.74, 6) is 0. The summed E-state index contributed by atoms with van der Waals surface area (Å²) in [6.45, 7) is 25.0. The van der Waals surface area contributed by atoms with Crippen molar-refractivity contribution in [1.29, 1.82) is 0 Å². The predicted molar refractivity (Wildman–Crippen MR) is 102 cm³/mol. The number of nitrogens with one attached hydrogen (secondary N) is 1. The molecular weight excluding hydrogens is 306 g/mol. The van der Waals surface area contributed by atoms with E-state index in [0.29, 0.717) is 12.1 Å². The molecule has 2 atom stereocenters. The van der Waals surface area contributed by atoms with Crippen molar-refractivity contribution >= 4 is 16.6 Å². The minimum Gasteiger partial charge on any atom is -0.415 e. The van der Waals surface area contributed by atoms with E-state index >= 15 is 0 Å². The van der Waals surface area contributed by atoms with Gasteiger partial charge in [-0.2, -0.15) is 0 Å². The zero-order valence-electron chi connectivity index (χ0n) is 16.6. The van der Waals surface area contributed by atoms with Gasteiger partial charge in [-0.25, -0.2) is 0 Å². The molecule has 1 N–H and O–H groups in total. The van der Waals surface area contributed by atoms with Gasteiger partial charge in [-0.05, 0) is 49.2 Å². The fourth-order valence-electron chi connectivity index (χ4n) is 2.12. The molecule has 1 aliphatic heterocycles. The van der Waals surface area contributed by atoms with E-state index in [1.807, 2.05) is 0 Å². The van der Waals surface area contributed by atoms with Crippen LogP contribution in [0.1, 0.15) is 48.0 Å². The van der Waals surface area contributed by atoms with Crippen LogP contribution in [0.3, 0.4) is 0 Å². The van der Waals surface area contributed by atoms with Crippen LogP contribution in [0.4, 0.5) is 0 Å². The molecule has 0 aliphatic carbocycles. The third-order valence-electron chi connectivity index (χ3n) is 5.97. The quantitative estimate of drug-likeness (QED) is 0.729. The monoisotopic (exact) mass is 345 g/mol.